The van der Waals surface area contributed by atoms with Crippen molar-refractivity contribution in [2.24, 2.45) is 5.92 Å². The molecule has 1 atom stereocenters. The molecular weight excluding hydrogens is 250 g/mol. The molecule has 0 fully saturated rings. The van der Waals surface area contributed by atoms with E-state index >= 15 is 0 Å². The van der Waals surface area contributed by atoms with E-state index in [-0.39, 0.29) is 12.5 Å². The van der Waals surface area contributed by atoms with Gasteiger partial charge in [-0.05, 0) is 18.1 Å². The van der Waals surface area contributed by atoms with Crippen LogP contribution in [0.1, 0.15) is 19.7 Å². The molecule has 0 saturated heterocycles. The SMILES string of the molecule is CC(C)C(NCc1nc(-c2ccco2)no1)C(=O)O. The Kier molecular flexibility index (Phi) is 3.96. The van der Waals surface area contributed by atoms with Crippen LogP contribution in [0.4, 0.5) is 0 Å². The van der Waals surface area contributed by atoms with Crippen molar-refractivity contribution in [2.45, 2.75) is 26.4 Å². The van der Waals surface area contributed by atoms with Gasteiger partial charge in [-0.3, -0.25) is 10.1 Å². The van der Waals surface area contributed by atoms with Gasteiger partial charge in [-0.15, -0.1) is 0 Å². The number of aromatic nitrogens is 2. The Balaban J connectivity index is 1.99. The molecule has 19 heavy (non-hydrogen) atoms. The van der Waals surface area contributed by atoms with Crippen LogP contribution in [-0.2, 0) is 11.3 Å². The number of rotatable bonds is 6. The van der Waals surface area contributed by atoms with Crippen LogP contribution in [0, 0.1) is 5.92 Å². The van der Waals surface area contributed by atoms with E-state index in [2.05, 4.69) is 15.5 Å². The molecule has 2 heterocycles. The maximum Gasteiger partial charge on any atom is 0.320 e. The summed E-state index contributed by atoms with van der Waals surface area (Å²) in [4.78, 5) is 15.1. The standard InChI is InChI=1S/C12H15N3O4/c1-7(2)10(12(16)17)13-6-9-14-11(15-19-9)8-4-3-5-18-8/h3-5,7,10,13H,6H2,1-2H3,(H,16,17). The van der Waals surface area contributed by atoms with Crippen molar-refractivity contribution in [2.75, 3.05) is 0 Å². The molecule has 0 radical (unpaired) electrons. The van der Waals surface area contributed by atoms with E-state index in [1.54, 1.807) is 12.1 Å². The van der Waals surface area contributed by atoms with Gasteiger partial charge < -0.3 is 14.0 Å². The summed E-state index contributed by atoms with van der Waals surface area (Å²) in [5, 5.41) is 15.7. The molecule has 1 unspecified atom stereocenters. The Labute approximate surface area is 109 Å². The molecule has 0 aliphatic heterocycles. The van der Waals surface area contributed by atoms with Gasteiger partial charge >= 0.3 is 5.97 Å². The maximum absolute atomic E-state index is 11.0. The van der Waals surface area contributed by atoms with Gasteiger partial charge in [0.05, 0.1) is 12.8 Å². The molecular formula is C12H15N3O4. The number of carboxylic acids is 1. The van der Waals surface area contributed by atoms with Crippen LogP contribution in [0.5, 0.6) is 0 Å². The number of nitrogens with one attached hydrogen (secondary N) is 1. The minimum atomic E-state index is -0.902. The second-order valence-corrected chi connectivity index (χ2v) is 4.43. The third-order valence-electron chi connectivity index (χ3n) is 2.62. The zero-order valence-corrected chi connectivity index (χ0v) is 10.7. The Hall–Kier alpha value is -2.15. The molecule has 0 bridgehead atoms. The average molecular weight is 265 g/mol. The van der Waals surface area contributed by atoms with Gasteiger partial charge in [0.25, 0.3) is 0 Å². The van der Waals surface area contributed by atoms with Crippen LogP contribution < -0.4 is 5.32 Å². The first-order valence-electron chi connectivity index (χ1n) is 5.90. The minimum absolute atomic E-state index is 0.0371. The number of nitrogens with zero attached hydrogens (tertiary/aromatic N) is 2. The van der Waals surface area contributed by atoms with Gasteiger partial charge in [0.2, 0.25) is 11.7 Å². The topological polar surface area (TPSA) is 101 Å². The maximum atomic E-state index is 11.0. The molecule has 0 aliphatic rings. The highest BCUT2D eigenvalue weighted by Gasteiger charge is 2.21. The number of hydrogen-bond donors (Lipinski definition) is 2. The van der Waals surface area contributed by atoms with E-state index in [4.69, 9.17) is 14.0 Å². The molecule has 2 aromatic rings. The predicted molar refractivity (Wildman–Crippen MR) is 65.1 cm³/mol. The van der Waals surface area contributed by atoms with E-state index in [0.717, 1.165) is 0 Å². The van der Waals surface area contributed by atoms with Crippen LogP contribution in [-0.4, -0.2) is 27.3 Å². The van der Waals surface area contributed by atoms with E-state index < -0.39 is 12.0 Å². The van der Waals surface area contributed by atoms with Crippen LogP contribution in [0.2, 0.25) is 0 Å². The number of furan rings is 1. The van der Waals surface area contributed by atoms with E-state index in [1.165, 1.54) is 6.26 Å². The molecule has 2 rings (SSSR count). The van der Waals surface area contributed by atoms with Gasteiger partial charge in [-0.25, -0.2) is 0 Å². The average Bonchev–Trinajstić information content (AvgIpc) is 2.98. The predicted octanol–water partition coefficient (Wildman–Crippen LogP) is 1.53. The molecule has 2 N–H and O–H groups in total. The van der Waals surface area contributed by atoms with E-state index in [9.17, 15) is 4.79 Å². The minimum Gasteiger partial charge on any atom is -0.480 e. The second kappa shape index (κ2) is 5.66. The van der Waals surface area contributed by atoms with Gasteiger partial charge in [0.15, 0.2) is 5.76 Å². The number of carbonyl (C=O) groups is 1. The second-order valence-electron chi connectivity index (χ2n) is 4.43. The molecule has 102 valence electrons. The smallest absolute Gasteiger partial charge is 0.320 e. The highest BCUT2D eigenvalue weighted by molar-refractivity contribution is 5.73. The molecule has 0 spiro atoms. The highest BCUT2D eigenvalue weighted by Crippen LogP contribution is 2.15. The third kappa shape index (κ3) is 3.19. The zero-order chi connectivity index (χ0) is 13.8. The summed E-state index contributed by atoms with van der Waals surface area (Å²) in [7, 11) is 0. The summed E-state index contributed by atoms with van der Waals surface area (Å²) in [6, 6.07) is 2.79. The lowest BCUT2D eigenvalue weighted by Gasteiger charge is -2.16. The summed E-state index contributed by atoms with van der Waals surface area (Å²) in [5.41, 5.74) is 0. The highest BCUT2D eigenvalue weighted by atomic mass is 16.5. The first-order chi connectivity index (χ1) is 9.08. The number of hydrogen-bond acceptors (Lipinski definition) is 6. The fraction of sp³-hybridized carbons (Fsp3) is 0.417. The Morgan fingerprint density at radius 3 is 2.89 bits per heavy atom. The molecule has 0 aliphatic carbocycles. The van der Waals surface area contributed by atoms with Gasteiger partial charge in [0.1, 0.15) is 6.04 Å². The van der Waals surface area contributed by atoms with Crippen LogP contribution in [0.25, 0.3) is 11.6 Å². The Bertz CT molecular complexity index is 533. The fourth-order valence-electron chi connectivity index (χ4n) is 1.64. The van der Waals surface area contributed by atoms with E-state index in [0.29, 0.717) is 17.5 Å². The lowest BCUT2D eigenvalue weighted by Crippen LogP contribution is -2.40. The van der Waals surface area contributed by atoms with Crippen molar-refractivity contribution < 1.29 is 18.8 Å². The third-order valence-corrected chi connectivity index (χ3v) is 2.62. The monoisotopic (exact) mass is 265 g/mol. The summed E-state index contributed by atoms with van der Waals surface area (Å²) in [6.07, 6.45) is 1.52. The normalized spacial score (nSPS) is 12.8. The summed E-state index contributed by atoms with van der Waals surface area (Å²) in [5.74, 6) is 0.232. The lowest BCUT2D eigenvalue weighted by molar-refractivity contribution is -0.140. The Morgan fingerprint density at radius 2 is 2.32 bits per heavy atom. The van der Waals surface area contributed by atoms with Crippen LogP contribution >= 0.6 is 0 Å². The quantitative estimate of drug-likeness (QED) is 0.816. The summed E-state index contributed by atoms with van der Waals surface area (Å²) in [6.45, 7) is 3.85. The van der Waals surface area contributed by atoms with Crippen molar-refractivity contribution >= 4 is 5.97 Å². The largest absolute Gasteiger partial charge is 0.480 e. The first-order valence-corrected chi connectivity index (χ1v) is 5.90. The molecule has 0 saturated carbocycles. The first kappa shape index (κ1) is 13.3. The van der Waals surface area contributed by atoms with Gasteiger partial charge in [0, 0.05) is 0 Å². The fourth-order valence-corrected chi connectivity index (χ4v) is 1.64. The summed E-state index contributed by atoms with van der Waals surface area (Å²) >= 11 is 0. The van der Waals surface area contributed by atoms with Gasteiger partial charge in [-0.2, -0.15) is 4.98 Å². The zero-order valence-electron chi connectivity index (χ0n) is 10.7. The number of aliphatic carboxylic acids is 1. The van der Waals surface area contributed by atoms with Gasteiger partial charge in [-0.1, -0.05) is 19.0 Å². The molecule has 7 heteroatoms. The lowest BCUT2D eigenvalue weighted by atomic mass is 10.1. The molecule has 2 aromatic heterocycles. The van der Waals surface area contributed by atoms with Crippen molar-refractivity contribution in [3.63, 3.8) is 0 Å². The van der Waals surface area contributed by atoms with Crippen molar-refractivity contribution in [1.82, 2.24) is 15.5 Å². The van der Waals surface area contributed by atoms with E-state index in [1.807, 2.05) is 13.8 Å². The van der Waals surface area contributed by atoms with Crippen LogP contribution in [0.15, 0.2) is 27.3 Å². The van der Waals surface area contributed by atoms with Crippen molar-refractivity contribution in [3.05, 3.63) is 24.3 Å². The molecule has 0 aromatic carbocycles. The molecule has 7 nitrogen and oxygen atoms in total. The Morgan fingerprint density at radius 1 is 1.53 bits per heavy atom. The van der Waals surface area contributed by atoms with Crippen LogP contribution in [0.3, 0.4) is 0 Å². The van der Waals surface area contributed by atoms with Crippen molar-refractivity contribution in [1.29, 1.82) is 0 Å². The molecule has 0 amide bonds. The van der Waals surface area contributed by atoms with Crippen molar-refractivity contribution in [3.8, 4) is 11.6 Å². The summed E-state index contributed by atoms with van der Waals surface area (Å²) < 4.78 is 10.2. The number of carboxylic acid groups (broad SMARTS) is 1.